The van der Waals surface area contributed by atoms with E-state index in [4.69, 9.17) is 0 Å². The molecule has 98 valence electrons. The number of H-pyrrole nitrogens is 1. The van der Waals surface area contributed by atoms with E-state index in [2.05, 4.69) is 4.98 Å². The highest BCUT2D eigenvalue weighted by atomic mass is 19.4. The second kappa shape index (κ2) is 4.83. The summed E-state index contributed by atoms with van der Waals surface area (Å²) in [6, 6.07) is 2.47. The molecule has 0 spiro atoms. The maximum Gasteiger partial charge on any atom is 0.419 e. The van der Waals surface area contributed by atoms with Crippen molar-refractivity contribution in [2.24, 2.45) is 0 Å². The molecule has 0 unspecified atom stereocenters. The number of pyridine rings is 1. The van der Waals surface area contributed by atoms with Crippen LogP contribution in [-0.4, -0.2) is 37.5 Å². The van der Waals surface area contributed by atoms with Crippen molar-refractivity contribution in [1.82, 2.24) is 4.90 Å². The number of amides is 1. The van der Waals surface area contributed by atoms with Gasteiger partial charge in [-0.1, -0.05) is 0 Å². The molecule has 2 rings (SSSR count). The number of rotatable bonds is 2. The van der Waals surface area contributed by atoms with E-state index < -0.39 is 11.7 Å². The second-order valence-electron chi connectivity index (χ2n) is 4.09. The normalized spacial score (nSPS) is 16.8. The zero-order chi connectivity index (χ0) is 13.2. The fourth-order valence-electron chi connectivity index (χ4n) is 1.86. The highest BCUT2D eigenvalue weighted by Gasteiger charge is 2.32. The number of hydrogen-bond donors (Lipinski definition) is 0. The average Bonchev–Trinajstić information content (AvgIpc) is 2.38. The Morgan fingerprint density at radius 3 is 2.28 bits per heavy atom. The Balaban J connectivity index is 2.05. The molecule has 1 fully saturated rings. The van der Waals surface area contributed by atoms with Crippen molar-refractivity contribution in [3.8, 4) is 0 Å². The first kappa shape index (κ1) is 12.7. The van der Waals surface area contributed by atoms with Crippen LogP contribution in [0.2, 0.25) is 0 Å². The predicted molar refractivity (Wildman–Crippen MR) is 57.8 cm³/mol. The molecule has 1 amide bonds. The SMILES string of the molecule is O=CN1CCN(c2ccc(C(F)(F)F)c[nH+]2)CC1. The Hall–Kier alpha value is -1.79. The van der Waals surface area contributed by atoms with Crippen LogP contribution in [0.3, 0.4) is 0 Å². The van der Waals surface area contributed by atoms with E-state index in [0.717, 1.165) is 18.7 Å². The van der Waals surface area contributed by atoms with Gasteiger partial charge in [0.2, 0.25) is 6.41 Å². The van der Waals surface area contributed by atoms with Crippen LogP contribution in [0, 0.1) is 0 Å². The number of aromatic nitrogens is 1. The first-order valence-corrected chi connectivity index (χ1v) is 5.54. The van der Waals surface area contributed by atoms with Gasteiger partial charge in [-0.3, -0.25) is 9.69 Å². The quantitative estimate of drug-likeness (QED) is 0.738. The van der Waals surface area contributed by atoms with E-state index >= 15 is 0 Å². The monoisotopic (exact) mass is 260 g/mol. The van der Waals surface area contributed by atoms with Gasteiger partial charge in [0.25, 0.3) is 5.82 Å². The highest BCUT2D eigenvalue weighted by molar-refractivity contribution is 5.48. The Labute approximate surface area is 102 Å². The van der Waals surface area contributed by atoms with E-state index in [1.165, 1.54) is 6.07 Å². The van der Waals surface area contributed by atoms with E-state index in [9.17, 15) is 18.0 Å². The summed E-state index contributed by atoms with van der Waals surface area (Å²) in [6.45, 7) is 2.39. The fraction of sp³-hybridized carbons (Fsp3) is 0.455. The van der Waals surface area contributed by atoms with Crippen LogP contribution in [0.25, 0.3) is 0 Å². The zero-order valence-electron chi connectivity index (χ0n) is 9.57. The number of carbonyl (C=O) groups excluding carboxylic acids is 1. The van der Waals surface area contributed by atoms with Crippen molar-refractivity contribution in [3.05, 3.63) is 23.9 Å². The van der Waals surface area contributed by atoms with Crippen LogP contribution >= 0.6 is 0 Å². The van der Waals surface area contributed by atoms with Gasteiger partial charge in [-0.05, 0) is 6.07 Å². The van der Waals surface area contributed by atoms with Gasteiger partial charge in [-0.15, -0.1) is 0 Å². The molecule has 1 aromatic heterocycles. The molecule has 1 aliphatic rings. The zero-order valence-corrected chi connectivity index (χ0v) is 9.57. The van der Waals surface area contributed by atoms with E-state index in [1.54, 1.807) is 4.90 Å². The Morgan fingerprint density at radius 1 is 1.17 bits per heavy atom. The molecule has 1 aromatic rings. The minimum absolute atomic E-state index is 0.582. The molecule has 1 saturated heterocycles. The van der Waals surface area contributed by atoms with Gasteiger partial charge < -0.3 is 4.90 Å². The fourth-order valence-corrected chi connectivity index (χ4v) is 1.86. The number of aromatic amines is 1. The topological polar surface area (TPSA) is 37.7 Å². The number of anilines is 1. The molecule has 1 N–H and O–H groups in total. The van der Waals surface area contributed by atoms with E-state index in [-0.39, 0.29) is 0 Å². The van der Waals surface area contributed by atoms with Gasteiger partial charge in [0.05, 0.1) is 18.7 Å². The van der Waals surface area contributed by atoms with Crippen LogP contribution < -0.4 is 9.88 Å². The molecular formula is C11H13F3N3O+. The molecule has 2 heterocycles. The highest BCUT2D eigenvalue weighted by Crippen LogP contribution is 2.28. The number of alkyl halides is 3. The lowest BCUT2D eigenvalue weighted by atomic mass is 10.2. The summed E-state index contributed by atoms with van der Waals surface area (Å²) in [7, 11) is 0. The lowest BCUT2D eigenvalue weighted by Crippen LogP contribution is -2.47. The van der Waals surface area contributed by atoms with Crippen LogP contribution in [0.15, 0.2) is 18.3 Å². The molecule has 0 saturated carbocycles. The van der Waals surface area contributed by atoms with Gasteiger partial charge in [0.15, 0.2) is 0 Å². The first-order chi connectivity index (χ1) is 8.50. The summed E-state index contributed by atoms with van der Waals surface area (Å²) in [6.07, 6.45) is -2.58. The van der Waals surface area contributed by atoms with Crippen LogP contribution in [0.4, 0.5) is 19.0 Å². The summed E-state index contributed by atoms with van der Waals surface area (Å²) in [5.74, 6) is 0.633. The minimum Gasteiger partial charge on any atom is -0.337 e. The van der Waals surface area contributed by atoms with Crippen LogP contribution in [0.5, 0.6) is 0 Å². The van der Waals surface area contributed by atoms with Crippen molar-refractivity contribution >= 4 is 12.2 Å². The molecule has 0 aromatic carbocycles. The smallest absolute Gasteiger partial charge is 0.337 e. The summed E-state index contributed by atoms with van der Waals surface area (Å²) in [4.78, 5) is 16.7. The first-order valence-electron chi connectivity index (χ1n) is 5.54. The third-order valence-corrected chi connectivity index (χ3v) is 2.93. The number of nitrogens with one attached hydrogen (secondary N) is 1. The Kier molecular flexibility index (Phi) is 3.40. The van der Waals surface area contributed by atoms with Gasteiger partial charge in [0.1, 0.15) is 19.3 Å². The van der Waals surface area contributed by atoms with Gasteiger partial charge in [-0.25, -0.2) is 4.98 Å². The predicted octanol–water partition coefficient (Wildman–Crippen LogP) is 0.798. The average molecular weight is 260 g/mol. The molecule has 1 aliphatic heterocycles. The standard InChI is InChI=1S/C11H12F3N3O/c12-11(13,14)9-1-2-10(15-7-9)17-5-3-16(8-18)4-6-17/h1-2,7-8H,3-6H2/p+1. The minimum atomic E-state index is -4.33. The Bertz CT molecular complexity index is 411. The summed E-state index contributed by atoms with van der Waals surface area (Å²) in [5.41, 5.74) is -0.697. The number of halogens is 3. The summed E-state index contributed by atoms with van der Waals surface area (Å²) < 4.78 is 37.1. The Morgan fingerprint density at radius 2 is 1.83 bits per heavy atom. The third kappa shape index (κ3) is 2.72. The summed E-state index contributed by atoms with van der Waals surface area (Å²) in [5, 5.41) is 0. The van der Waals surface area contributed by atoms with Crippen LogP contribution in [0.1, 0.15) is 5.56 Å². The van der Waals surface area contributed by atoms with E-state index in [0.29, 0.717) is 32.0 Å². The molecule has 7 heteroatoms. The number of carbonyl (C=O) groups is 1. The van der Waals surface area contributed by atoms with Crippen molar-refractivity contribution in [2.75, 3.05) is 31.1 Å². The maximum atomic E-state index is 12.4. The van der Waals surface area contributed by atoms with Gasteiger partial charge in [-0.2, -0.15) is 13.2 Å². The molecule has 18 heavy (non-hydrogen) atoms. The number of hydrogen-bond acceptors (Lipinski definition) is 2. The lowest BCUT2D eigenvalue weighted by Gasteiger charge is -2.28. The summed E-state index contributed by atoms with van der Waals surface area (Å²) >= 11 is 0. The van der Waals surface area contributed by atoms with Crippen molar-refractivity contribution in [1.29, 1.82) is 0 Å². The molecule has 0 aliphatic carbocycles. The molecule has 0 radical (unpaired) electrons. The largest absolute Gasteiger partial charge is 0.419 e. The molecular weight excluding hydrogens is 247 g/mol. The number of nitrogens with zero attached hydrogens (tertiary/aromatic N) is 2. The van der Waals surface area contributed by atoms with Crippen molar-refractivity contribution in [3.63, 3.8) is 0 Å². The van der Waals surface area contributed by atoms with E-state index in [1.807, 2.05) is 4.90 Å². The molecule has 0 atom stereocenters. The molecule has 0 bridgehead atoms. The number of piperazine rings is 1. The maximum absolute atomic E-state index is 12.4. The van der Waals surface area contributed by atoms with Crippen LogP contribution in [-0.2, 0) is 11.0 Å². The lowest BCUT2D eigenvalue weighted by molar-refractivity contribution is -0.367. The van der Waals surface area contributed by atoms with Gasteiger partial charge >= 0.3 is 6.18 Å². The van der Waals surface area contributed by atoms with Gasteiger partial charge in [0, 0.05) is 6.07 Å². The van der Waals surface area contributed by atoms with Crippen molar-refractivity contribution < 1.29 is 22.9 Å². The van der Waals surface area contributed by atoms with Crippen molar-refractivity contribution in [2.45, 2.75) is 6.18 Å². The second-order valence-corrected chi connectivity index (χ2v) is 4.09. The molecule has 4 nitrogen and oxygen atoms in total. The third-order valence-electron chi connectivity index (χ3n) is 2.93.